The highest BCUT2D eigenvalue weighted by atomic mass is 28.4. The highest BCUT2D eigenvalue weighted by Crippen LogP contribution is 2.23. The van der Waals surface area contributed by atoms with Gasteiger partial charge in [0, 0.05) is 46.0 Å². The minimum absolute atomic E-state index is 0.273. The molecule has 1 N–H and O–H groups in total. The molecule has 0 spiro atoms. The van der Waals surface area contributed by atoms with Crippen LogP contribution in [0, 0.1) is 0 Å². The SMILES string of the molecule is CCO[Si](OCC)(OCC)C(CC)N1CCNCC1. The molecule has 0 radical (unpaired) electrons. The first-order valence-electron chi connectivity index (χ1n) is 7.60. The van der Waals surface area contributed by atoms with E-state index in [1.807, 2.05) is 20.8 Å². The minimum atomic E-state index is -2.61. The van der Waals surface area contributed by atoms with Gasteiger partial charge in [-0.05, 0) is 27.2 Å². The lowest BCUT2D eigenvalue weighted by Crippen LogP contribution is -2.65. The molecule has 0 aromatic rings. The van der Waals surface area contributed by atoms with Crippen molar-refractivity contribution in [3.05, 3.63) is 0 Å². The fourth-order valence-electron chi connectivity index (χ4n) is 2.74. The monoisotopic (exact) mass is 290 g/mol. The molecule has 6 heteroatoms. The van der Waals surface area contributed by atoms with Gasteiger partial charge in [-0.3, -0.25) is 4.90 Å². The molecule has 1 unspecified atom stereocenters. The van der Waals surface area contributed by atoms with E-state index in [9.17, 15) is 0 Å². The van der Waals surface area contributed by atoms with Crippen molar-refractivity contribution >= 4 is 8.80 Å². The maximum Gasteiger partial charge on any atom is 0.519 e. The van der Waals surface area contributed by atoms with Crippen LogP contribution < -0.4 is 5.32 Å². The van der Waals surface area contributed by atoms with E-state index in [1.54, 1.807) is 0 Å². The Kier molecular flexibility index (Phi) is 8.13. The highest BCUT2D eigenvalue weighted by Gasteiger charge is 2.51. The van der Waals surface area contributed by atoms with Gasteiger partial charge >= 0.3 is 8.80 Å². The van der Waals surface area contributed by atoms with Gasteiger partial charge in [-0.15, -0.1) is 0 Å². The van der Waals surface area contributed by atoms with Crippen molar-refractivity contribution < 1.29 is 13.3 Å². The first-order valence-corrected chi connectivity index (χ1v) is 9.40. The number of piperazine rings is 1. The molecular formula is C13H30N2O3Si. The van der Waals surface area contributed by atoms with Crippen molar-refractivity contribution in [2.45, 2.75) is 39.8 Å². The summed E-state index contributed by atoms with van der Waals surface area (Å²) in [5.74, 6) is 0. The molecule has 0 saturated carbocycles. The largest absolute Gasteiger partial charge is 0.519 e. The molecule has 19 heavy (non-hydrogen) atoms. The highest BCUT2D eigenvalue weighted by molar-refractivity contribution is 6.62. The van der Waals surface area contributed by atoms with Crippen molar-refractivity contribution in [2.75, 3.05) is 46.0 Å². The van der Waals surface area contributed by atoms with Crippen LogP contribution in [0.5, 0.6) is 0 Å². The number of nitrogens with one attached hydrogen (secondary N) is 1. The second kappa shape index (κ2) is 9.04. The topological polar surface area (TPSA) is 43.0 Å². The number of hydrogen-bond acceptors (Lipinski definition) is 5. The Labute approximate surface area is 119 Å². The summed E-state index contributed by atoms with van der Waals surface area (Å²) < 4.78 is 18.1. The van der Waals surface area contributed by atoms with Crippen molar-refractivity contribution in [1.29, 1.82) is 0 Å². The van der Waals surface area contributed by atoms with Crippen LogP contribution >= 0.6 is 0 Å². The number of rotatable bonds is 9. The summed E-state index contributed by atoms with van der Waals surface area (Å²) in [6.07, 6.45) is 1.01. The van der Waals surface area contributed by atoms with E-state index in [0.29, 0.717) is 19.8 Å². The Bertz CT molecular complexity index is 221. The lowest BCUT2D eigenvalue weighted by Gasteiger charge is -2.42. The van der Waals surface area contributed by atoms with Gasteiger partial charge in [-0.1, -0.05) is 6.92 Å². The normalized spacial score (nSPS) is 19.6. The molecule has 0 amide bonds. The molecule has 114 valence electrons. The van der Waals surface area contributed by atoms with Crippen LogP contribution in [-0.2, 0) is 13.3 Å². The fraction of sp³-hybridized carbons (Fsp3) is 1.00. The Morgan fingerprint density at radius 3 is 1.79 bits per heavy atom. The summed E-state index contributed by atoms with van der Waals surface area (Å²) in [6, 6.07) is 0. The molecule has 1 aliphatic rings. The lowest BCUT2D eigenvalue weighted by atomic mass is 10.3. The summed E-state index contributed by atoms with van der Waals surface area (Å²) in [5, 5.41) is 3.39. The second-order valence-electron chi connectivity index (χ2n) is 4.61. The van der Waals surface area contributed by atoms with E-state index in [2.05, 4.69) is 17.1 Å². The third kappa shape index (κ3) is 4.51. The van der Waals surface area contributed by atoms with E-state index >= 15 is 0 Å². The van der Waals surface area contributed by atoms with Crippen LogP contribution in [0.25, 0.3) is 0 Å². The van der Waals surface area contributed by atoms with Crippen molar-refractivity contribution in [2.24, 2.45) is 0 Å². The second-order valence-corrected chi connectivity index (χ2v) is 7.35. The van der Waals surface area contributed by atoms with E-state index in [4.69, 9.17) is 13.3 Å². The predicted octanol–water partition coefficient (Wildman–Crippen LogP) is 1.26. The van der Waals surface area contributed by atoms with Crippen molar-refractivity contribution in [3.63, 3.8) is 0 Å². The molecule has 1 aliphatic heterocycles. The van der Waals surface area contributed by atoms with Gasteiger partial charge in [0.25, 0.3) is 0 Å². The molecule has 0 aromatic heterocycles. The summed E-state index contributed by atoms with van der Waals surface area (Å²) in [4.78, 5) is 2.48. The van der Waals surface area contributed by atoms with Crippen LogP contribution in [0.2, 0.25) is 0 Å². The quantitative estimate of drug-likeness (QED) is 0.648. The molecule has 1 saturated heterocycles. The van der Waals surface area contributed by atoms with Gasteiger partial charge in [0.2, 0.25) is 0 Å². The van der Waals surface area contributed by atoms with E-state index < -0.39 is 8.80 Å². The average Bonchev–Trinajstić information content (AvgIpc) is 2.41. The molecule has 5 nitrogen and oxygen atoms in total. The summed E-state index contributed by atoms with van der Waals surface area (Å²) in [7, 11) is -2.61. The zero-order valence-corrected chi connectivity index (χ0v) is 13.9. The summed E-state index contributed by atoms with van der Waals surface area (Å²) in [5.41, 5.74) is 0.273. The predicted molar refractivity (Wildman–Crippen MR) is 79.2 cm³/mol. The molecule has 1 atom stereocenters. The fourth-order valence-corrected chi connectivity index (χ4v) is 5.98. The van der Waals surface area contributed by atoms with Crippen molar-refractivity contribution in [3.8, 4) is 0 Å². The Balaban J connectivity index is 2.87. The van der Waals surface area contributed by atoms with Gasteiger partial charge in [0.1, 0.15) is 0 Å². The Morgan fingerprint density at radius 2 is 1.42 bits per heavy atom. The Morgan fingerprint density at radius 1 is 0.947 bits per heavy atom. The minimum Gasteiger partial charge on any atom is -0.373 e. The molecule has 0 bridgehead atoms. The van der Waals surface area contributed by atoms with E-state index in [1.165, 1.54) is 0 Å². The molecule has 0 aliphatic carbocycles. The van der Waals surface area contributed by atoms with Crippen molar-refractivity contribution in [1.82, 2.24) is 10.2 Å². The van der Waals surface area contributed by atoms with Crippen LogP contribution in [-0.4, -0.2) is 65.4 Å². The lowest BCUT2D eigenvalue weighted by molar-refractivity contribution is 0.0311. The average molecular weight is 290 g/mol. The maximum absolute atomic E-state index is 6.05. The van der Waals surface area contributed by atoms with Crippen LogP contribution in [0.15, 0.2) is 0 Å². The first kappa shape index (κ1) is 17.1. The van der Waals surface area contributed by atoms with Crippen LogP contribution in [0.1, 0.15) is 34.1 Å². The molecule has 1 rings (SSSR count). The summed E-state index contributed by atoms with van der Waals surface area (Å²) in [6.45, 7) is 14.3. The van der Waals surface area contributed by atoms with Gasteiger partial charge < -0.3 is 18.6 Å². The molecular weight excluding hydrogens is 260 g/mol. The zero-order valence-electron chi connectivity index (χ0n) is 12.9. The summed E-state index contributed by atoms with van der Waals surface area (Å²) >= 11 is 0. The molecule has 1 heterocycles. The van der Waals surface area contributed by atoms with Crippen LogP contribution in [0.3, 0.4) is 0 Å². The number of hydrogen-bond donors (Lipinski definition) is 1. The smallest absolute Gasteiger partial charge is 0.373 e. The zero-order chi connectivity index (χ0) is 14.1. The van der Waals surface area contributed by atoms with Gasteiger partial charge in [0.15, 0.2) is 0 Å². The molecule has 1 fully saturated rings. The number of nitrogens with zero attached hydrogens (tertiary/aromatic N) is 1. The standard InChI is InChI=1S/C13H30N2O3Si/c1-5-13(15-11-9-14-10-12-15)19(16-6-2,17-7-3)18-8-4/h13-14H,5-12H2,1-4H3. The molecule has 0 aromatic carbocycles. The maximum atomic E-state index is 6.05. The van der Waals surface area contributed by atoms with E-state index in [-0.39, 0.29) is 5.67 Å². The Hall–Kier alpha value is 0.0169. The third-order valence-corrected chi connectivity index (χ3v) is 7.09. The third-order valence-electron chi connectivity index (χ3n) is 3.42. The first-order chi connectivity index (χ1) is 9.24. The van der Waals surface area contributed by atoms with Crippen LogP contribution in [0.4, 0.5) is 0 Å². The van der Waals surface area contributed by atoms with Gasteiger partial charge in [-0.25, -0.2) is 0 Å². The van der Waals surface area contributed by atoms with Gasteiger partial charge in [0.05, 0.1) is 5.67 Å². The van der Waals surface area contributed by atoms with Gasteiger partial charge in [-0.2, -0.15) is 0 Å². The van der Waals surface area contributed by atoms with E-state index in [0.717, 1.165) is 32.6 Å².